The summed E-state index contributed by atoms with van der Waals surface area (Å²) >= 11 is 1.72. The van der Waals surface area contributed by atoms with E-state index in [2.05, 4.69) is 30.4 Å². The molecule has 0 unspecified atom stereocenters. The molecule has 0 aliphatic carbocycles. The Hall–Kier alpha value is -1.98. The van der Waals surface area contributed by atoms with Gasteiger partial charge in [-0.2, -0.15) is 0 Å². The van der Waals surface area contributed by atoms with E-state index in [1.54, 1.807) is 18.4 Å². The van der Waals surface area contributed by atoms with Crippen molar-refractivity contribution in [3.05, 3.63) is 52.7 Å². The third-order valence-corrected chi connectivity index (χ3v) is 4.53. The Morgan fingerprint density at radius 3 is 2.78 bits per heavy atom. The van der Waals surface area contributed by atoms with Gasteiger partial charge in [0.2, 0.25) is 0 Å². The van der Waals surface area contributed by atoms with Crippen LogP contribution < -0.4 is 5.32 Å². The first kappa shape index (κ1) is 15.9. The van der Waals surface area contributed by atoms with Crippen LogP contribution in [-0.4, -0.2) is 30.2 Å². The number of ether oxygens (including phenoxy) is 1. The fraction of sp³-hybridized carbons (Fsp3) is 0.333. The van der Waals surface area contributed by atoms with Crippen molar-refractivity contribution in [2.24, 2.45) is 0 Å². The lowest BCUT2D eigenvalue weighted by Crippen LogP contribution is -2.08. The molecule has 3 rings (SSSR count). The zero-order valence-corrected chi connectivity index (χ0v) is 14.3. The van der Waals surface area contributed by atoms with Crippen molar-refractivity contribution >= 4 is 27.4 Å². The fourth-order valence-corrected chi connectivity index (χ4v) is 3.40. The fourth-order valence-electron chi connectivity index (χ4n) is 2.50. The Morgan fingerprint density at radius 2 is 2.00 bits per heavy atom. The van der Waals surface area contributed by atoms with Crippen molar-refractivity contribution in [1.29, 1.82) is 0 Å². The van der Waals surface area contributed by atoms with Gasteiger partial charge in [0.05, 0.1) is 5.39 Å². The van der Waals surface area contributed by atoms with Crippen LogP contribution in [-0.2, 0) is 11.2 Å². The van der Waals surface area contributed by atoms with Crippen molar-refractivity contribution in [2.75, 3.05) is 25.6 Å². The van der Waals surface area contributed by atoms with Crippen LogP contribution in [0.15, 0.2) is 36.4 Å². The number of thiophene rings is 1. The molecule has 120 valence electrons. The molecule has 1 N–H and O–H groups in total. The first-order valence-electron chi connectivity index (χ1n) is 7.80. The summed E-state index contributed by atoms with van der Waals surface area (Å²) in [7, 11) is 1.73. The predicted octanol–water partition coefficient (Wildman–Crippen LogP) is 4.04. The van der Waals surface area contributed by atoms with Gasteiger partial charge < -0.3 is 10.1 Å². The molecule has 4 nitrogen and oxygen atoms in total. The van der Waals surface area contributed by atoms with Gasteiger partial charge >= 0.3 is 0 Å². The summed E-state index contributed by atoms with van der Waals surface area (Å²) in [4.78, 5) is 11.8. The number of anilines is 1. The smallest absolute Gasteiger partial charge is 0.138 e. The molecule has 23 heavy (non-hydrogen) atoms. The molecule has 0 fully saturated rings. The lowest BCUT2D eigenvalue weighted by molar-refractivity contribution is 0.198. The Kier molecular flexibility index (Phi) is 5.20. The zero-order valence-electron chi connectivity index (χ0n) is 13.5. The summed E-state index contributed by atoms with van der Waals surface area (Å²) < 4.78 is 5.10. The van der Waals surface area contributed by atoms with E-state index in [1.165, 1.54) is 10.4 Å². The lowest BCUT2D eigenvalue weighted by Gasteiger charge is -2.09. The molecule has 5 heteroatoms. The van der Waals surface area contributed by atoms with Gasteiger partial charge in [-0.15, -0.1) is 11.3 Å². The number of aromatic nitrogens is 2. The maximum atomic E-state index is 5.10. The Morgan fingerprint density at radius 1 is 1.17 bits per heavy atom. The highest BCUT2D eigenvalue weighted by Crippen LogP contribution is 2.29. The van der Waals surface area contributed by atoms with Crippen LogP contribution in [0.4, 0.5) is 5.82 Å². The van der Waals surface area contributed by atoms with E-state index < -0.39 is 0 Å². The third kappa shape index (κ3) is 4.06. The molecule has 0 amide bonds. The number of nitrogens with one attached hydrogen (secondary N) is 1. The summed E-state index contributed by atoms with van der Waals surface area (Å²) in [5.74, 6) is 1.79. The third-order valence-electron chi connectivity index (χ3n) is 3.59. The standard InChI is InChI=1S/C18H21N3OS/c1-13-11-15-17(19-9-6-10-22-2)20-16(21-18(15)23-13)12-14-7-4-3-5-8-14/h3-5,7-8,11H,6,9-10,12H2,1-2H3,(H,19,20,21). The first-order chi connectivity index (χ1) is 11.3. The SMILES string of the molecule is COCCCNc1nc(Cc2ccccc2)nc2sc(C)cc12. The van der Waals surface area contributed by atoms with Crippen LogP contribution in [0.2, 0.25) is 0 Å². The van der Waals surface area contributed by atoms with E-state index in [9.17, 15) is 0 Å². The minimum Gasteiger partial charge on any atom is -0.385 e. The average molecular weight is 327 g/mol. The van der Waals surface area contributed by atoms with Crippen LogP contribution in [0.3, 0.4) is 0 Å². The summed E-state index contributed by atoms with van der Waals surface area (Å²) in [6.45, 7) is 3.71. The number of nitrogens with zero attached hydrogens (tertiary/aromatic N) is 2. The molecule has 0 spiro atoms. The highest BCUT2D eigenvalue weighted by atomic mass is 32.1. The van der Waals surface area contributed by atoms with E-state index >= 15 is 0 Å². The Labute approximate surface area is 140 Å². The molecule has 3 aromatic rings. The average Bonchev–Trinajstić information content (AvgIpc) is 2.93. The van der Waals surface area contributed by atoms with Crippen LogP contribution >= 0.6 is 11.3 Å². The van der Waals surface area contributed by atoms with Crippen molar-refractivity contribution in [3.8, 4) is 0 Å². The molecule has 0 radical (unpaired) electrons. The highest BCUT2D eigenvalue weighted by Gasteiger charge is 2.11. The zero-order chi connectivity index (χ0) is 16.1. The summed E-state index contributed by atoms with van der Waals surface area (Å²) in [6.07, 6.45) is 1.71. The molecule has 0 saturated carbocycles. The summed E-state index contributed by atoms with van der Waals surface area (Å²) in [5.41, 5.74) is 1.23. The van der Waals surface area contributed by atoms with Gasteiger partial charge in [0, 0.05) is 31.6 Å². The first-order valence-corrected chi connectivity index (χ1v) is 8.61. The van der Waals surface area contributed by atoms with Gasteiger partial charge in [-0.3, -0.25) is 0 Å². The van der Waals surface area contributed by atoms with Crippen molar-refractivity contribution < 1.29 is 4.74 Å². The van der Waals surface area contributed by atoms with Crippen LogP contribution in [0.25, 0.3) is 10.2 Å². The van der Waals surface area contributed by atoms with Gasteiger partial charge in [-0.05, 0) is 25.0 Å². The maximum absolute atomic E-state index is 5.10. The molecular weight excluding hydrogens is 306 g/mol. The second-order valence-electron chi connectivity index (χ2n) is 5.50. The summed E-state index contributed by atoms with van der Waals surface area (Å²) in [6, 6.07) is 12.5. The summed E-state index contributed by atoms with van der Waals surface area (Å²) in [5, 5.41) is 4.55. The quantitative estimate of drug-likeness (QED) is 0.665. The van der Waals surface area contributed by atoms with Crippen molar-refractivity contribution in [3.63, 3.8) is 0 Å². The minimum absolute atomic E-state index is 0.750. The molecule has 0 saturated heterocycles. The number of aryl methyl sites for hydroxylation is 1. The van der Waals surface area contributed by atoms with E-state index in [0.717, 1.165) is 47.9 Å². The molecule has 0 aliphatic heterocycles. The minimum atomic E-state index is 0.750. The number of methoxy groups -OCH3 is 1. The number of rotatable bonds is 7. The van der Waals surface area contributed by atoms with Gasteiger partial charge in [0.1, 0.15) is 16.5 Å². The number of fused-ring (bicyclic) bond motifs is 1. The largest absolute Gasteiger partial charge is 0.385 e. The van der Waals surface area contributed by atoms with E-state index in [0.29, 0.717) is 0 Å². The molecule has 0 aliphatic rings. The van der Waals surface area contributed by atoms with Gasteiger partial charge in [-0.25, -0.2) is 9.97 Å². The number of hydrogen-bond acceptors (Lipinski definition) is 5. The predicted molar refractivity (Wildman–Crippen MR) is 96.4 cm³/mol. The van der Waals surface area contributed by atoms with Crippen molar-refractivity contribution in [2.45, 2.75) is 19.8 Å². The van der Waals surface area contributed by atoms with E-state index in [-0.39, 0.29) is 0 Å². The lowest BCUT2D eigenvalue weighted by atomic mass is 10.1. The van der Waals surface area contributed by atoms with Crippen molar-refractivity contribution in [1.82, 2.24) is 9.97 Å². The van der Waals surface area contributed by atoms with Gasteiger partial charge in [-0.1, -0.05) is 30.3 Å². The van der Waals surface area contributed by atoms with Gasteiger partial charge in [0.25, 0.3) is 0 Å². The Balaban J connectivity index is 1.86. The maximum Gasteiger partial charge on any atom is 0.138 e. The monoisotopic (exact) mass is 327 g/mol. The molecular formula is C18H21N3OS. The molecule has 2 heterocycles. The normalized spacial score (nSPS) is 11.0. The van der Waals surface area contributed by atoms with E-state index in [4.69, 9.17) is 14.7 Å². The molecule has 0 atom stereocenters. The van der Waals surface area contributed by atoms with Crippen LogP contribution in [0, 0.1) is 6.92 Å². The molecule has 1 aromatic carbocycles. The number of benzene rings is 1. The molecule has 2 aromatic heterocycles. The van der Waals surface area contributed by atoms with Crippen LogP contribution in [0.5, 0.6) is 0 Å². The topological polar surface area (TPSA) is 47.0 Å². The second kappa shape index (κ2) is 7.53. The molecule has 0 bridgehead atoms. The Bertz CT molecular complexity index is 771. The number of hydrogen-bond donors (Lipinski definition) is 1. The highest BCUT2D eigenvalue weighted by molar-refractivity contribution is 7.18. The van der Waals surface area contributed by atoms with Crippen LogP contribution in [0.1, 0.15) is 22.7 Å². The van der Waals surface area contributed by atoms with E-state index in [1.807, 2.05) is 18.2 Å². The second-order valence-corrected chi connectivity index (χ2v) is 6.73. The van der Waals surface area contributed by atoms with Gasteiger partial charge in [0.15, 0.2) is 0 Å².